The van der Waals surface area contributed by atoms with Crippen LogP contribution in [-0.2, 0) is 6.61 Å². The summed E-state index contributed by atoms with van der Waals surface area (Å²) in [6.45, 7) is 0.179. The second-order valence-corrected chi connectivity index (χ2v) is 4.53. The van der Waals surface area contributed by atoms with E-state index in [-0.39, 0.29) is 18.3 Å². The van der Waals surface area contributed by atoms with Gasteiger partial charge in [-0.15, -0.1) is 10.2 Å². The molecule has 5 nitrogen and oxygen atoms in total. The summed E-state index contributed by atoms with van der Waals surface area (Å²) in [6, 6.07) is 8.86. The topological polar surface area (TPSA) is 61.0 Å². The van der Waals surface area contributed by atoms with Gasteiger partial charge in [-0.25, -0.2) is 4.39 Å². The number of hydrogen-bond acceptors (Lipinski definition) is 5. The Hall–Kier alpha value is -2.90. The molecule has 2 heterocycles. The van der Waals surface area contributed by atoms with Gasteiger partial charge in [0, 0.05) is 6.20 Å². The first-order valence-corrected chi connectivity index (χ1v) is 6.57. The molecule has 0 aliphatic carbocycles. The minimum atomic E-state index is -2.81. The van der Waals surface area contributed by atoms with Crippen LogP contribution in [0.1, 0.15) is 18.0 Å². The maximum atomic E-state index is 12.8. The number of ether oxygens (including phenoxy) is 1. The summed E-state index contributed by atoms with van der Waals surface area (Å²) in [5.74, 6) is -0.596. The van der Waals surface area contributed by atoms with Gasteiger partial charge in [0.1, 0.15) is 18.2 Å². The zero-order valence-electron chi connectivity index (χ0n) is 11.6. The summed E-state index contributed by atoms with van der Waals surface area (Å²) < 4.78 is 47.8. The van der Waals surface area contributed by atoms with Crippen LogP contribution >= 0.6 is 0 Å². The highest BCUT2D eigenvalue weighted by atomic mass is 19.3. The molecule has 0 fully saturated rings. The van der Waals surface area contributed by atoms with Crippen LogP contribution in [-0.4, -0.2) is 15.2 Å². The molecule has 1 aromatic carbocycles. The van der Waals surface area contributed by atoms with Crippen LogP contribution < -0.4 is 4.74 Å². The minimum Gasteiger partial charge on any atom is -0.487 e. The van der Waals surface area contributed by atoms with E-state index in [9.17, 15) is 13.2 Å². The first-order valence-electron chi connectivity index (χ1n) is 6.57. The molecule has 0 atom stereocenters. The van der Waals surface area contributed by atoms with E-state index in [4.69, 9.17) is 9.15 Å². The van der Waals surface area contributed by atoms with Crippen molar-refractivity contribution in [3.8, 4) is 17.2 Å². The van der Waals surface area contributed by atoms with Crippen LogP contribution in [0.4, 0.5) is 13.2 Å². The Morgan fingerprint density at radius 3 is 2.43 bits per heavy atom. The Bertz CT molecular complexity index is 773. The lowest BCUT2D eigenvalue weighted by Crippen LogP contribution is -1.98. The van der Waals surface area contributed by atoms with Crippen LogP contribution in [0.25, 0.3) is 11.5 Å². The van der Waals surface area contributed by atoms with Crippen LogP contribution in [0.15, 0.2) is 47.0 Å². The average molecular weight is 321 g/mol. The van der Waals surface area contributed by atoms with Crippen LogP contribution in [0, 0.1) is 5.82 Å². The van der Waals surface area contributed by atoms with Crippen molar-refractivity contribution in [3.63, 3.8) is 0 Å². The largest absolute Gasteiger partial charge is 0.487 e. The highest BCUT2D eigenvalue weighted by molar-refractivity contribution is 5.50. The molecule has 0 bridgehead atoms. The molecular weight excluding hydrogens is 311 g/mol. The molecule has 3 rings (SSSR count). The van der Waals surface area contributed by atoms with Crippen molar-refractivity contribution >= 4 is 0 Å². The van der Waals surface area contributed by atoms with Crippen LogP contribution in [0.2, 0.25) is 0 Å². The van der Waals surface area contributed by atoms with E-state index in [2.05, 4.69) is 15.2 Å². The lowest BCUT2D eigenvalue weighted by atomic mass is 10.2. The molecule has 0 radical (unpaired) electrons. The van der Waals surface area contributed by atoms with E-state index in [1.165, 1.54) is 30.5 Å². The van der Waals surface area contributed by atoms with Gasteiger partial charge in [-0.05, 0) is 36.4 Å². The summed E-state index contributed by atoms with van der Waals surface area (Å²) >= 11 is 0. The Morgan fingerprint density at radius 1 is 1.04 bits per heavy atom. The molecule has 23 heavy (non-hydrogen) atoms. The third-order valence-electron chi connectivity index (χ3n) is 2.90. The van der Waals surface area contributed by atoms with Gasteiger partial charge >= 0.3 is 6.43 Å². The molecule has 3 aromatic rings. The lowest BCUT2D eigenvalue weighted by molar-refractivity contribution is 0.116. The maximum Gasteiger partial charge on any atom is 0.314 e. The first-order chi connectivity index (χ1) is 11.1. The molecule has 0 saturated carbocycles. The number of halogens is 3. The second kappa shape index (κ2) is 6.47. The molecule has 0 aliphatic heterocycles. The number of hydrogen-bond donors (Lipinski definition) is 0. The standard InChI is InChI=1S/C15H10F3N3O2/c16-10-2-5-12(6-3-10)22-8-11-4-1-9(7-19-11)14-20-21-15(23-14)13(17)18/h1-7,13H,8H2. The summed E-state index contributed by atoms with van der Waals surface area (Å²) in [5.41, 5.74) is 1.03. The monoisotopic (exact) mass is 321 g/mol. The number of alkyl halides is 2. The highest BCUT2D eigenvalue weighted by Gasteiger charge is 2.17. The van der Waals surface area contributed by atoms with Gasteiger partial charge in [-0.1, -0.05) is 0 Å². The molecule has 0 unspecified atom stereocenters. The molecule has 0 aliphatic rings. The minimum absolute atomic E-state index is 0.0289. The van der Waals surface area contributed by atoms with Crippen molar-refractivity contribution in [1.29, 1.82) is 0 Å². The number of nitrogens with zero attached hydrogens (tertiary/aromatic N) is 3. The normalized spacial score (nSPS) is 11.0. The van der Waals surface area contributed by atoms with E-state index >= 15 is 0 Å². The van der Waals surface area contributed by atoms with E-state index in [0.717, 1.165) is 0 Å². The zero-order chi connectivity index (χ0) is 16.2. The molecule has 0 N–H and O–H groups in total. The van der Waals surface area contributed by atoms with E-state index in [1.807, 2.05) is 0 Å². The van der Waals surface area contributed by atoms with Gasteiger partial charge in [0.25, 0.3) is 5.89 Å². The summed E-state index contributed by atoms with van der Waals surface area (Å²) in [5, 5.41) is 6.78. The Morgan fingerprint density at radius 2 is 1.83 bits per heavy atom. The van der Waals surface area contributed by atoms with E-state index in [0.29, 0.717) is 17.0 Å². The van der Waals surface area contributed by atoms with Gasteiger partial charge in [0.05, 0.1) is 11.3 Å². The highest BCUT2D eigenvalue weighted by Crippen LogP contribution is 2.22. The molecular formula is C15H10F3N3O2. The predicted octanol–water partition coefficient (Wildman–Crippen LogP) is 3.79. The lowest BCUT2D eigenvalue weighted by Gasteiger charge is -2.05. The summed E-state index contributed by atoms with van der Waals surface area (Å²) in [7, 11) is 0. The van der Waals surface area contributed by atoms with Gasteiger partial charge < -0.3 is 9.15 Å². The number of benzene rings is 1. The number of rotatable bonds is 5. The second-order valence-electron chi connectivity index (χ2n) is 4.53. The summed E-state index contributed by atoms with van der Waals surface area (Å²) in [6.07, 6.45) is -1.39. The molecule has 0 amide bonds. The van der Waals surface area contributed by atoms with Crippen molar-refractivity contribution in [2.24, 2.45) is 0 Å². The van der Waals surface area contributed by atoms with Gasteiger partial charge in [0.2, 0.25) is 5.89 Å². The van der Waals surface area contributed by atoms with Crippen molar-refractivity contribution in [2.45, 2.75) is 13.0 Å². The van der Waals surface area contributed by atoms with Crippen LogP contribution in [0.5, 0.6) is 5.75 Å². The van der Waals surface area contributed by atoms with Crippen LogP contribution in [0.3, 0.4) is 0 Å². The van der Waals surface area contributed by atoms with Gasteiger partial charge in [0.15, 0.2) is 0 Å². The van der Waals surface area contributed by atoms with E-state index < -0.39 is 12.3 Å². The SMILES string of the molecule is Fc1ccc(OCc2ccc(-c3nnc(C(F)F)o3)cn2)cc1. The molecule has 8 heteroatoms. The third-order valence-corrected chi connectivity index (χ3v) is 2.90. The first kappa shape index (κ1) is 15.0. The fraction of sp³-hybridized carbons (Fsp3) is 0.133. The smallest absolute Gasteiger partial charge is 0.314 e. The third kappa shape index (κ3) is 3.65. The van der Waals surface area contributed by atoms with Gasteiger partial charge in [-0.3, -0.25) is 4.98 Å². The molecule has 118 valence electrons. The van der Waals surface area contributed by atoms with E-state index in [1.54, 1.807) is 12.1 Å². The number of pyridine rings is 1. The Balaban J connectivity index is 1.65. The quantitative estimate of drug-likeness (QED) is 0.715. The van der Waals surface area contributed by atoms with Gasteiger partial charge in [-0.2, -0.15) is 8.78 Å². The Kier molecular flexibility index (Phi) is 4.22. The molecule has 0 saturated heterocycles. The predicted molar refractivity (Wildman–Crippen MR) is 73.2 cm³/mol. The van der Waals surface area contributed by atoms with Crippen molar-refractivity contribution < 1.29 is 22.3 Å². The molecule has 2 aromatic heterocycles. The Labute approximate surface area is 128 Å². The average Bonchev–Trinajstić information content (AvgIpc) is 3.05. The zero-order valence-corrected chi connectivity index (χ0v) is 11.6. The fourth-order valence-electron chi connectivity index (χ4n) is 1.76. The van der Waals surface area contributed by atoms with Crippen molar-refractivity contribution in [1.82, 2.24) is 15.2 Å². The fourth-order valence-corrected chi connectivity index (χ4v) is 1.76. The summed E-state index contributed by atoms with van der Waals surface area (Å²) in [4.78, 5) is 4.13. The van der Waals surface area contributed by atoms with Crippen molar-refractivity contribution in [2.75, 3.05) is 0 Å². The molecule has 0 spiro atoms. The number of aromatic nitrogens is 3. The van der Waals surface area contributed by atoms with Crippen molar-refractivity contribution in [3.05, 3.63) is 60.0 Å². The maximum absolute atomic E-state index is 12.8.